The third-order valence-corrected chi connectivity index (χ3v) is 4.63. The Balaban J connectivity index is 1.70. The average Bonchev–Trinajstić information content (AvgIpc) is 3.16. The van der Waals surface area contributed by atoms with E-state index in [2.05, 4.69) is 5.32 Å². The Kier molecular flexibility index (Phi) is 4.28. The van der Waals surface area contributed by atoms with Gasteiger partial charge in [-0.05, 0) is 19.1 Å². The van der Waals surface area contributed by atoms with Crippen molar-refractivity contribution < 1.29 is 24.2 Å². The fourth-order valence-corrected chi connectivity index (χ4v) is 3.08. The molecule has 0 radical (unpaired) electrons. The van der Waals surface area contributed by atoms with Gasteiger partial charge in [0.1, 0.15) is 0 Å². The molecule has 2 aliphatic heterocycles. The average molecular weight is 332 g/mol. The summed E-state index contributed by atoms with van der Waals surface area (Å²) in [5, 5.41) is 12.0. The van der Waals surface area contributed by atoms with Gasteiger partial charge in [0.25, 0.3) is 0 Å². The van der Waals surface area contributed by atoms with Crippen molar-refractivity contribution in [2.24, 2.45) is 5.92 Å². The van der Waals surface area contributed by atoms with E-state index in [1.54, 1.807) is 4.90 Å². The van der Waals surface area contributed by atoms with Gasteiger partial charge in [-0.25, -0.2) is 4.79 Å². The summed E-state index contributed by atoms with van der Waals surface area (Å²) in [6.45, 7) is 2.47. The van der Waals surface area contributed by atoms with E-state index >= 15 is 0 Å². The molecule has 1 aromatic rings. The molecule has 0 aromatic heterocycles. The normalized spacial score (nSPS) is 26.6. The SMILES string of the molecule is Cc1ccc(N2CC(C(=O)NC3(C(=O)O)CCOC3)CC2=O)cc1. The van der Waals surface area contributed by atoms with Crippen LogP contribution in [-0.4, -0.2) is 48.2 Å². The summed E-state index contributed by atoms with van der Waals surface area (Å²) in [5.74, 6) is -2.21. The van der Waals surface area contributed by atoms with Crippen molar-refractivity contribution in [1.29, 1.82) is 0 Å². The van der Waals surface area contributed by atoms with Crippen LogP contribution in [0.2, 0.25) is 0 Å². The number of nitrogens with zero attached hydrogens (tertiary/aromatic N) is 1. The summed E-state index contributed by atoms with van der Waals surface area (Å²) < 4.78 is 5.14. The minimum Gasteiger partial charge on any atom is -0.479 e. The molecule has 0 aliphatic carbocycles. The van der Waals surface area contributed by atoms with E-state index in [4.69, 9.17) is 4.74 Å². The number of ether oxygens (including phenoxy) is 1. The molecular formula is C17H20N2O5. The Labute approximate surface area is 139 Å². The highest BCUT2D eigenvalue weighted by molar-refractivity contribution is 6.01. The Morgan fingerprint density at radius 1 is 1.33 bits per heavy atom. The maximum Gasteiger partial charge on any atom is 0.331 e. The Morgan fingerprint density at radius 3 is 2.62 bits per heavy atom. The summed E-state index contributed by atoms with van der Waals surface area (Å²) in [6, 6.07) is 7.50. The summed E-state index contributed by atoms with van der Waals surface area (Å²) >= 11 is 0. The minimum absolute atomic E-state index is 0.0452. The molecular weight excluding hydrogens is 312 g/mol. The predicted octanol–water partition coefficient (Wildman–Crippen LogP) is 0.708. The lowest BCUT2D eigenvalue weighted by Crippen LogP contribution is -2.56. The van der Waals surface area contributed by atoms with Gasteiger partial charge >= 0.3 is 5.97 Å². The van der Waals surface area contributed by atoms with E-state index in [0.717, 1.165) is 11.3 Å². The molecule has 1 aromatic carbocycles. The zero-order valence-corrected chi connectivity index (χ0v) is 13.4. The molecule has 0 spiro atoms. The van der Waals surface area contributed by atoms with Crippen LogP contribution in [0.1, 0.15) is 18.4 Å². The Morgan fingerprint density at radius 2 is 2.04 bits per heavy atom. The zero-order chi connectivity index (χ0) is 17.3. The fraction of sp³-hybridized carbons (Fsp3) is 0.471. The maximum atomic E-state index is 12.5. The molecule has 2 aliphatic rings. The van der Waals surface area contributed by atoms with Gasteiger partial charge in [-0.1, -0.05) is 17.7 Å². The fourth-order valence-electron chi connectivity index (χ4n) is 3.08. The first-order valence-electron chi connectivity index (χ1n) is 7.91. The van der Waals surface area contributed by atoms with Crippen LogP contribution in [0.3, 0.4) is 0 Å². The lowest BCUT2D eigenvalue weighted by atomic mass is 9.97. The van der Waals surface area contributed by atoms with Gasteiger partial charge in [0.05, 0.1) is 12.5 Å². The third-order valence-electron chi connectivity index (χ3n) is 4.63. The van der Waals surface area contributed by atoms with E-state index in [-0.39, 0.29) is 31.9 Å². The van der Waals surface area contributed by atoms with E-state index in [0.29, 0.717) is 6.61 Å². The van der Waals surface area contributed by atoms with Gasteiger partial charge in [0.15, 0.2) is 5.54 Å². The van der Waals surface area contributed by atoms with E-state index in [1.165, 1.54) is 0 Å². The number of hydrogen-bond acceptors (Lipinski definition) is 4. The largest absolute Gasteiger partial charge is 0.479 e. The van der Waals surface area contributed by atoms with Crippen LogP contribution in [0, 0.1) is 12.8 Å². The van der Waals surface area contributed by atoms with Crippen LogP contribution in [0.15, 0.2) is 24.3 Å². The van der Waals surface area contributed by atoms with Crippen molar-refractivity contribution in [3.05, 3.63) is 29.8 Å². The van der Waals surface area contributed by atoms with Crippen LogP contribution in [0.4, 0.5) is 5.69 Å². The van der Waals surface area contributed by atoms with Crippen LogP contribution >= 0.6 is 0 Å². The highest BCUT2D eigenvalue weighted by Gasteiger charge is 2.46. The molecule has 2 fully saturated rings. The molecule has 2 N–H and O–H groups in total. The number of aryl methyl sites for hydroxylation is 1. The maximum absolute atomic E-state index is 12.5. The summed E-state index contributed by atoms with van der Waals surface area (Å²) in [5.41, 5.74) is 0.458. The van der Waals surface area contributed by atoms with Crippen molar-refractivity contribution in [2.75, 3.05) is 24.7 Å². The summed E-state index contributed by atoms with van der Waals surface area (Å²) in [6.07, 6.45) is 0.312. The smallest absolute Gasteiger partial charge is 0.331 e. The number of aliphatic carboxylic acids is 1. The molecule has 2 saturated heterocycles. The molecule has 3 rings (SSSR count). The van der Waals surface area contributed by atoms with Crippen molar-refractivity contribution in [3.8, 4) is 0 Å². The number of hydrogen-bond donors (Lipinski definition) is 2. The lowest BCUT2D eigenvalue weighted by Gasteiger charge is -2.25. The summed E-state index contributed by atoms with van der Waals surface area (Å²) in [7, 11) is 0. The molecule has 0 saturated carbocycles. The number of nitrogens with one attached hydrogen (secondary N) is 1. The second-order valence-corrected chi connectivity index (χ2v) is 6.42. The predicted molar refractivity (Wildman–Crippen MR) is 85.6 cm³/mol. The molecule has 128 valence electrons. The molecule has 24 heavy (non-hydrogen) atoms. The molecule has 2 heterocycles. The van der Waals surface area contributed by atoms with E-state index in [1.807, 2.05) is 31.2 Å². The van der Waals surface area contributed by atoms with E-state index < -0.39 is 23.3 Å². The Bertz CT molecular complexity index is 664. The highest BCUT2D eigenvalue weighted by Crippen LogP contribution is 2.27. The Hall–Kier alpha value is -2.41. The number of carboxylic acid groups (broad SMARTS) is 1. The zero-order valence-electron chi connectivity index (χ0n) is 13.4. The van der Waals surface area contributed by atoms with Crippen molar-refractivity contribution >= 4 is 23.5 Å². The van der Waals surface area contributed by atoms with Crippen LogP contribution in [0.25, 0.3) is 0 Å². The minimum atomic E-state index is -1.38. The van der Waals surface area contributed by atoms with Crippen LogP contribution in [-0.2, 0) is 19.1 Å². The summed E-state index contributed by atoms with van der Waals surface area (Å²) in [4.78, 5) is 37.8. The molecule has 7 heteroatoms. The standard InChI is InChI=1S/C17H20N2O5/c1-11-2-4-13(5-3-11)19-9-12(8-14(19)20)15(21)18-17(16(22)23)6-7-24-10-17/h2-5,12H,6-10H2,1H3,(H,18,21)(H,22,23). The third kappa shape index (κ3) is 2.99. The lowest BCUT2D eigenvalue weighted by molar-refractivity contribution is -0.148. The molecule has 2 atom stereocenters. The second kappa shape index (κ2) is 6.24. The number of carboxylic acids is 1. The molecule has 2 amide bonds. The van der Waals surface area contributed by atoms with Gasteiger partial charge < -0.3 is 20.1 Å². The monoisotopic (exact) mass is 332 g/mol. The van der Waals surface area contributed by atoms with E-state index in [9.17, 15) is 19.5 Å². The number of anilines is 1. The number of amides is 2. The number of benzene rings is 1. The second-order valence-electron chi connectivity index (χ2n) is 6.42. The van der Waals surface area contributed by atoms with Crippen molar-refractivity contribution in [3.63, 3.8) is 0 Å². The van der Waals surface area contributed by atoms with Gasteiger partial charge in [0.2, 0.25) is 11.8 Å². The van der Waals surface area contributed by atoms with Crippen molar-refractivity contribution in [2.45, 2.75) is 25.3 Å². The number of rotatable bonds is 4. The molecule has 7 nitrogen and oxygen atoms in total. The molecule has 2 unspecified atom stereocenters. The van der Waals surface area contributed by atoms with Gasteiger partial charge in [-0.3, -0.25) is 9.59 Å². The first kappa shape index (κ1) is 16.4. The quantitative estimate of drug-likeness (QED) is 0.846. The van der Waals surface area contributed by atoms with Crippen molar-refractivity contribution in [1.82, 2.24) is 5.32 Å². The first-order valence-corrected chi connectivity index (χ1v) is 7.91. The van der Waals surface area contributed by atoms with Crippen LogP contribution in [0.5, 0.6) is 0 Å². The van der Waals surface area contributed by atoms with Crippen LogP contribution < -0.4 is 10.2 Å². The topological polar surface area (TPSA) is 95.9 Å². The number of carbonyl (C=O) groups is 3. The van der Waals surface area contributed by atoms with Gasteiger partial charge in [-0.2, -0.15) is 0 Å². The van der Waals surface area contributed by atoms with Gasteiger partial charge in [0, 0.05) is 31.7 Å². The van der Waals surface area contributed by atoms with Gasteiger partial charge in [-0.15, -0.1) is 0 Å². The highest BCUT2D eigenvalue weighted by atomic mass is 16.5. The first-order chi connectivity index (χ1) is 11.4. The number of carbonyl (C=O) groups excluding carboxylic acids is 2. The molecule has 0 bridgehead atoms.